The van der Waals surface area contributed by atoms with Gasteiger partial charge in [0.15, 0.2) is 0 Å². The van der Waals surface area contributed by atoms with Crippen LogP contribution in [-0.4, -0.2) is 12.6 Å². The molecule has 1 fully saturated rings. The summed E-state index contributed by atoms with van der Waals surface area (Å²) in [6.45, 7) is 2.38. The van der Waals surface area contributed by atoms with Gasteiger partial charge in [0.1, 0.15) is 0 Å². The van der Waals surface area contributed by atoms with Gasteiger partial charge in [0.25, 0.3) is 0 Å². The third-order valence-electron chi connectivity index (χ3n) is 3.16. The number of ether oxygens (including phenoxy) is 1. The number of hydrogen-bond acceptors (Lipinski definition) is 2. The van der Waals surface area contributed by atoms with Crippen LogP contribution < -0.4 is 0 Å². The third-order valence-corrected chi connectivity index (χ3v) is 3.16. The molecule has 2 nitrogen and oxygen atoms in total. The van der Waals surface area contributed by atoms with E-state index in [1.165, 1.54) is 12.8 Å². The Kier molecular flexibility index (Phi) is 2.38. The van der Waals surface area contributed by atoms with E-state index >= 15 is 0 Å². The molecule has 0 unspecified atom stereocenters. The molecule has 0 spiro atoms. The van der Waals surface area contributed by atoms with E-state index in [2.05, 4.69) is 12.2 Å². The minimum absolute atomic E-state index is 0.0153. The van der Waals surface area contributed by atoms with Crippen molar-refractivity contribution in [3.63, 3.8) is 0 Å². The van der Waals surface area contributed by atoms with Crippen molar-refractivity contribution in [1.29, 1.82) is 0 Å². The maximum absolute atomic E-state index is 11.5. The molecular formula is C11H16O2. The summed E-state index contributed by atoms with van der Waals surface area (Å²) in [6.07, 6.45) is 7.92. The SMILES string of the molecule is CCOC(=O)[C@@H]1C[C@@H]2C=C[C@H]1CC2. The summed E-state index contributed by atoms with van der Waals surface area (Å²) in [4.78, 5) is 11.5. The molecule has 2 bridgehead atoms. The Balaban J connectivity index is 2.02. The summed E-state index contributed by atoms with van der Waals surface area (Å²) in [6, 6.07) is 0. The second kappa shape index (κ2) is 3.52. The molecule has 0 amide bonds. The highest BCUT2D eigenvalue weighted by Crippen LogP contribution is 2.40. The van der Waals surface area contributed by atoms with Crippen LogP contribution in [0.3, 0.4) is 0 Å². The van der Waals surface area contributed by atoms with Gasteiger partial charge >= 0.3 is 5.97 Å². The molecular weight excluding hydrogens is 164 g/mol. The van der Waals surface area contributed by atoms with Gasteiger partial charge in [0.05, 0.1) is 12.5 Å². The number of fused-ring (bicyclic) bond motifs is 2. The fourth-order valence-electron chi connectivity index (χ4n) is 2.45. The first-order valence-corrected chi connectivity index (χ1v) is 5.16. The molecule has 3 atom stereocenters. The summed E-state index contributed by atoms with van der Waals surface area (Å²) in [5.74, 6) is 1.27. The fraction of sp³-hybridized carbons (Fsp3) is 0.727. The summed E-state index contributed by atoms with van der Waals surface area (Å²) in [5.41, 5.74) is 0. The second-order valence-electron chi connectivity index (χ2n) is 3.98. The number of carbonyl (C=O) groups excluding carboxylic acids is 1. The topological polar surface area (TPSA) is 26.3 Å². The van der Waals surface area contributed by atoms with Crippen LogP contribution in [0, 0.1) is 17.8 Å². The van der Waals surface area contributed by atoms with Gasteiger partial charge in [0, 0.05) is 0 Å². The van der Waals surface area contributed by atoms with E-state index in [4.69, 9.17) is 4.74 Å². The highest BCUT2D eigenvalue weighted by Gasteiger charge is 2.36. The summed E-state index contributed by atoms with van der Waals surface area (Å²) >= 11 is 0. The van der Waals surface area contributed by atoms with Crippen LogP contribution in [0.1, 0.15) is 26.2 Å². The van der Waals surface area contributed by atoms with Gasteiger partial charge in [-0.05, 0) is 38.0 Å². The molecule has 1 saturated carbocycles. The number of hydrogen-bond donors (Lipinski definition) is 0. The Morgan fingerprint density at radius 1 is 1.46 bits per heavy atom. The van der Waals surface area contributed by atoms with Crippen LogP contribution >= 0.6 is 0 Å². The van der Waals surface area contributed by atoms with Gasteiger partial charge in [-0.1, -0.05) is 12.2 Å². The van der Waals surface area contributed by atoms with E-state index in [0.29, 0.717) is 18.4 Å². The highest BCUT2D eigenvalue weighted by atomic mass is 16.5. The van der Waals surface area contributed by atoms with Crippen molar-refractivity contribution in [2.24, 2.45) is 17.8 Å². The van der Waals surface area contributed by atoms with Crippen molar-refractivity contribution in [1.82, 2.24) is 0 Å². The predicted molar refractivity (Wildman–Crippen MR) is 50.1 cm³/mol. The van der Waals surface area contributed by atoms with E-state index in [-0.39, 0.29) is 11.9 Å². The number of carbonyl (C=O) groups is 1. The highest BCUT2D eigenvalue weighted by molar-refractivity contribution is 5.73. The molecule has 0 heterocycles. The van der Waals surface area contributed by atoms with Crippen LogP contribution in [0.4, 0.5) is 0 Å². The molecule has 3 aliphatic carbocycles. The Bertz CT molecular complexity index is 232. The van der Waals surface area contributed by atoms with Crippen molar-refractivity contribution in [3.8, 4) is 0 Å². The summed E-state index contributed by atoms with van der Waals surface area (Å²) in [7, 11) is 0. The van der Waals surface area contributed by atoms with Gasteiger partial charge in [0.2, 0.25) is 0 Å². The third kappa shape index (κ3) is 1.62. The Morgan fingerprint density at radius 2 is 2.31 bits per heavy atom. The van der Waals surface area contributed by atoms with Crippen LogP contribution in [0.15, 0.2) is 12.2 Å². The van der Waals surface area contributed by atoms with E-state index in [9.17, 15) is 4.79 Å². The maximum Gasteiger partial charge on any atom is 0.309 e. The molecule has 2 heteroatoms. The molecule has 0 saturated heterocycles. The summed E-state index contributed by atoms with van der Waals surface area (Å²) < 4.78 is 5.06. The molecule has 0 aromatic rings. The van der Waals surface area contributed by atoms with Crippen molar-refractivity contribution in [2.75, 3.05) is 6.61 Å². The standard InChI is InChI=1S/C11H16O2/c1-2-13-11(12)10-7-8-3-5-9(10)6-4-8/h3,5,8-10H,2,4,6-7H2,1H3/t8-,9+,10-/m1/s1. The zero-order chi connectivity index (χ0) is 9.26. The van der Waals surface area contributed by atoms with Gasteiger partial charge in [-0.2, -0.15) is 0 Å². The molecule has 3 aliphatic rings. The molecule has 0 radical (unpaired) electrons. The normalized spacial score (nSPS) is 36.2. The maximum atomic E-state index is 11.5. The Hall–Kier alpha value is -0.790. The van der Waals surface area contributed by atoms with Crippen LogP contribution in [0.2, 0.25) is 0 Å². The zero-order valence-electron chi connectivity index (χ0n) is 8.03. The van der Waals surface area contributed by atoms with Crippen molar-refractivity contribution < 1.29 is 9.53 Å². The van der Waals surface area contributed by atoms with E-state index in [1.54, 1.807) is 0 Å². The zero-order valence-corrected chi connectivity index (χ0v) is 8.03. The summed E-state index contributed by atoms with van der Waals surface area (Å²) in [5, 5.41) is 0. The predicted octanol–water partition coefficient (Wildman–Crippen LogP) is 2.15. The van der Waals surface area contributed by atoms with E-state index in [1.807, 2.05) is 6.92 Å². The number of esters is 1. The molecule has 0 N–H and O–H groups in total. The van der Waals surface area contributed by atoms with Crippen LogP contribution in [0.5, 0.6) is 0 Å². The molecule has 72 valence electrons. The number of rotatable bonds is 2. The largest absolute Gasteiger partial charge is 0.466 e. The van der Waals surface area contributed by atoms with Crippen molar-refractivity contribution >= 4 is 5.97 Å². The Morgan fingerprint density at radius 3 is 2.77 bits per heavy atom. The van der Waals surface area contributed by atoms with E-state index in [0.717, 1.165) is 6.42 Å². The lowest BCUT2D eigenvalue weighted by Gasteiger charge is -2.36. The molecule has 0 aromatic heterocycles. The first kappa shape index (κ1) is 8.79. The lowest BCUT2D eigenvalue weighted by molar-refractivity contribution is -0.151. The first-order valence-electron chi connectivity index (χ1n) is 5.16. The van der Waals surface area contributed by atoms with Crippen molar-refractivity contribution in [2.45, 2.75) is 26.2 Å². The lowest BCUT2D eigenvalue weighted by Crippen LogP contribution is -2.33. The number of allylic oxidation sites excluding steroid dienone is 2. The monoisotopic (exact) mass is 180 g/mol. The van der Waals surface area contributed by atoms with Crippen LogP contribution in [0.25, 0.3) is 0 Å². The lowest BCUT2D eigenvalue weighted by atomic mass is 9.69. The van der Waals surface area contributed by atoms with Gasteiger partial charge in [-0.25, -0.2) is 0 Å². The van der Waals surface area contributed by atoms with E-state index < -0.39 is 0 Å². The molecule has 0 aromatic carbocycles. The average molecular weight is 180 g/mol. The second-order valence-corrected chi connectivity index (χ2v) is 3.98. The average Bonchev–Trinajstić information content (AvgIpc) is 2.20. The minimum Gasteiger partial charge on any atom is -0.466 e. The van der Waals surface area contributed by atoms with Gasteiger partial charge in [-0.15, -0.1) is 0 Å². The van der Waals surface area contributed by atoms with Crippen LogP contribution in [-0.2, 0) is 9.53 Å². The fourth-order valence-corrected chi connectivity index (χ4v) is 2.45. The first-order chi connectivity index (χ1) is 6.31. The minimum atomic E-state index is 0.0153. The molecule has 13 heavy (non-hydrogen) atoms. The Labute approximate surface area is 79.0 Å². The van der Waals surface area contributed by atoms with Gasteiger partial charge in [-0.3, -0.25) is 4.79 Å². The van der Waals surface area contributed by atoms with Gasteiger partial charge < -0.3 is 4.74 Å². The quantitative estimate of drug-likeness (QED) is 0.481. The smallest absolute Gasteiger partial charge is 0.309 e. The van der Waals surface area contributed by atoms with Crippen molar-refractivity contribution in [3.05, 3.63) is 12.2 Å². The molecule has 0 aliphatic heterocycles. The molecule has 3 rings (SSSR count).